The molecular weight excluding hydrogens is 228 g/mol. The van der Waals surface area contributed by atoms with Crippen LogP contribution < -0.4 is 10.6 Å². The summed E-state index contributed by atoms with van der Waals surface area (Å²) >= 11 is 0. The van der Waals surface area contributed by atoms with E-state index in [2.05, 4.69) is 10.6 Å². The smallest absolute Gasteiger partial charge is 0.319 e. The van der Waals surface area contributed by atoms with Crippen LogP contribution in [0.4, 0.5) is 10.5 Å². The molecule has 0 heterocycles. The van der Waals surface area contributed by atoms with Crippen molar-refractivity contribution in [1.82, 2.24) is 5.32 Å². The third kappa shape index (κ3) is 3.87. The molecule has 1 aliphatic rings. The first kappa shape index (κ1) is 12.6. The standard InChI is InChI=1S/C14H18N2O2/c1-10(17)12-3-2-4-13(9-12)16-14(18)15-8-7-11-5-6-11/h2-4,9,11H,5-8H2,1H3,(H2,15,16,18). The summed E-state index contributed by atoms with van der Waals surface area (Å²) in [4.78, 5) is 22.8. The Bertz CT molecular complexity index is 453. The fourth-order valence-electron chi connectivity index (χ4n) is 1.79. The van der Waals surface area contributed by atoms with E-state index in [9.17, 15) is 9.59 Å². The summed E-state index contributed by atoms with van der Waals surface area (Å²) in [6.07, 6.45) is 3.65. The minimum absolute atomic E-state index is 0.00667. The highest BCUT2D eigenvalue weighted by molar-refractivity contribution is 5.96. The molecule has 0 radical (unpaired) electrons. The van der Waals surface area contributed by atoms with Gasteiger partial charge in [-0.1, -0.05) is 25.0 Å². The maximum atomic E-state index is 11.6. The summed E-state index contributed by atoms with van der Waals surface area (Å²) in [5.41, 5.74) is 1.25. The molecule has 1 aromatic rings. The van der Waals surface area contributed by atoms with Crippen LogP contribution in [-0.4, -0.2) is 18.4 Å². The van der Waals surface area contributed by atoms with Crippen LogP contribution in [0.25, 0.3) is 0 Å². The summed E-state index contributed by atoms with van der Waals surface area (Å²) in [5, 5.41) is 5.55. The average molecular weight is 246 g/mol. The molecule has 0 unspecified atom stereocenters. The lowest BCUT2D eigenvalue weighted by atomic mass is 10.1. The number of benzene rings is 1. The molecule has 0 aliphatic heterocycles. The van der Waals surface area contributed by atoms with E-state index in [4.69, 9.17) is 0 Å². The first-order valence-electron chi connectivity index (χ1n) is 6.31. The molecule has 1 saturated carbocycles. The maximum absolute atomic E-state index is 11.6. The second kappa shape index (κ2) is 5.67. The van der Waals surface area contributed by atoms with Crippen LogP contribution in [0.5, 0.6) is 0 Å². The minimum Gasteiger partial charge on any atom is -0.338 e. The number of Topliss-reactive ketones (excluding diaryl/α,β-unsaturated/α-hetero) is 1. The van der Waals surface area contributed by atoms with Crippen molar-refractivity contribution in [2.75, 3.05) is 11.9 Å². The lowest BCUT2D eigenvalue weighted by molar-refractivity contribution is 0.101. The predicted octanol–water partition coefficient (Wildman–Crippen LogP) is 2.81. The van der Waals surface area contributed by atoms with Gasteiger partial charge in [-0.25, -0.2) is 4.79 Å². The largest absolute Gasteiger partial charge is 0.338 e. The number of rotatable bonds is 5. The summed E-state index contributed by atoms with van der Waals surface area (Å²) in [5.74, 6) is 0.805. The molecule has 2 rings (SSSR count). The minimum atomic E-state index is -0.212. The fourth-order valence-corrected chi connectivity index (χ4v) is 1.79. The SMILES string of the molecule is CC(=O)c1cccc(NC(=O)NCCC2CC2)c1. The number of amides is 2. The monoisotopic (exact) mass is 246 g/mol. The maximum Gasteiger partial charge on any atom is 0.319 e. The van der Waals surface area contributed by atoms with Crippen LogP contribution in [0.1, 0.15) is 36.5 Å². The predicted molar refractivity (Wildman–Crippen MR) is 70.8 cm³/mol. The van der Waals surface area contributed by atoms with Gasteiger partial charge in [0.05, 0.1) is 0 Å². The van der Waals surface area contributed by atoms with E-state index in [0.29, 0.717) is 17.8 Å². The van der Waals surface area contributed by atoms with Gasteiger partial charge in [-0.2, -0.15) is 0 Å². The average Bonchev–Trinajstić information content (AvgIpc) is 3.13. The third-order valence-corrected chi connectivity index (χ3v) is 3.06. The number of carbonyl (C=O) groups excluding carboxylic acids is 2. The molecule has 96 valence electrons. The van der Waals surface area contributed by atoms with Crippen molar-refractivity contribution in [3.8, 4) is 0 Å². The molecule has 4 heteroatoms. The van der Waals surface area contributed by atoms with E-state index < -0.39 is 0 Å². The third-order valence-electron chi connectivity index (χ3n) is 3.06. The quantitative estimate of drug-likeness (QED) is 0.785. The molecule has 0 aromatic heterocycles. The second-order valence-electron chi connectivity index (χ2n) is 4.75. The van der Waals surface area contributed by atoms with Crippen molar-refractivity contribution in [3.05, 3.63) is 29.8 Å². The zero-order valence-corrected chi connectivity index (χ0v) is 10.5. The molecule has 2 amide bonds. The van der Waals surface area contributed by atoms with E-state index in [0.717, 1.165) is 12.3 Å². The fraction of sp³-hybridized carbons (Fsp3) is 0.429. The Kier molecular flexibility index (Phi) is 3.97. The van der Waals surface area contributed by atoms with Crippen molar-refractivity contribution in [2.24, 2.45) is 5.92 Å². The molecule has 4 nitrogen and oxygen atoms in total. The van der Waals surface area contributed by atoms with Crippen molar-refractivity contribution < 1.29 is 9.59 Å². The Morgan fingerprint density at radius 3 is 2.78 bits per heavy atom. The molecule has 0 spiro atoms. The number of hydrogen-bond donors (Lipinski definition) is 2. The number of carbonyl (C=O) groups is 2. The van der Waals surface area contributed by atoms with Gasteiger partial charge in [0.1, 0.15) is 0 Å². The zero-order chi connectivity index (χ0) is 13.0. The van der Waals surface area contributed by atoms with Gasteiger partial charge in [0, 0.05) is 17.8 Å². The number of urea groups is 1. The van der Waals surface area contributed by atoms with Gasteiger partial charge in [0.25, 0.3) is 0 Å². The highest BCUT2D eigenvalue weighted by Crippen LogP contribution is 2.31. The van der Waals surface area contributed by atoms with Gasteiger partial charge >= 0.3 is 6.03 Å². The van der Waals surface area contributed by atoms with Crippen LogP contribution in [0.2, 0.25) is 0 Å². The Morgan fingerprint density at radius 2 is 2.11 bits per heavy atom. The van der Waals surface area contributed by atoms with E-state index in [-0.39, 0.29) is 11.8 Å². The highest BCUT2D eigenvalue weighted by atomic mass is 16.2. The van der Waals surface area contributed by atoms with Gasteiger partial charge in [-0.05, 0) is 31.4 Å². The lowest BCUT2D eigenvalue weighted by Gasteiger charge is -2.08. The van der Waals surface area contributed by atoms with Gasteiger partial charge < -0.3 is 10.6 Å². The lowest BCUT2D eigenvalue weighted by Crippen LogP contribution is -2.29. The molecule has 0 saturated heterocycles. The highest BCUT2D eigenvalue weighted by Gasteiger charge is 2.20. The number of anilines is 1. The van der Waals surface area contributed by atoms with Crippen LogP contribution in [0.3, 0.4) is 0 Å². The molecular formula is C14H18N2O2. The molecule has 0 atom stereocenters. The molecule has 2 N–H and O–H groups in total. The van der Waals surface area contributed by atoms with Crippen molar-refractivity contribution in [2.45, 2.75) is 26.2 Å². The summed E-state index contributed by atoms with van der Waals surface area (Å²) in [6, 6.07) is 6.74. The molecule has 1 aliphatic carbocycles. The number of ketones is 1. The zero-order valence-electron chi connectivity index (χ0n) is 10.5. The second-order valence-corrected chi connectivity index (χ2v) is 4.75. The van der Waals surface area contributed by atoms with Gasteiger partial charge in [-0.3, -0.25) is 4.79 Å². The van der Waals surface area contributed by atoms with Gasteiger partial charge in [0.15, 0.2) is 5.78 Å². The Balaban J connectivity index is 1.81. The van der Waals surface area contributed by atoms with Crippen LogP contribution in [-0.2, 0) is 0 Å². The Hall–Kier alpha value is -1.84. The van der Waals surface area contributed by atoms with Crippen molar-refractivity contribution in [1.29, 1.82) is 0 Å². The number of nitrogens with one attached hydrogen (secondary N) is 2. The van der Waals surface area contributed by atoms with E-state index in [1.54, 1.807) is 24.3 Å². The molecule has 1 fully saturated rings. The molecule has 0 bridgehead atoms. The van der Waals surface area contributed by atoms with Crippen LogP contribution in [0.15, 0.2) is 24.3 Å². The van der Waals surface area contributed by atoms with Crippen molar-refractivity contribution in [3.63, 3.8) is 0 Å². The van der Waals surface area contributed by atoms with E-state index >= 15 is 0 Å². The topological polar surface area (TPSA) is 58.2 Å². The first-order valence-corrected chi connectivity index (χ1v) is 6.31. The summed E-state index contributed by atoms with van der Waals surface area (Å²) in [6.45, 7) is 2.22. The molecule has 18 heavy (non-hydrogen) atoms. The van der Waals surface area contributed by atoms with Crippen molar-refractivity contribution >= 4 is 17.5 Å². The Morgan fingerprint density at radius 1 is 1.33 bits per heavy atom. The summed E-state index contributed by atoms with van der Waals surface area (Å²) < 4.78 is 0. The van der Waals surface area contributed by atoms with E-state index in [1.165, 1.54) is 19.8 Å². The van der Waals surface area contributed by atoms with Gasteiger partial charge in [0.2, 0.25) is 0 Å². The van der Waals surface area contributed by atoms with Gasteiger partial charge in [-0.15, -0.1) is 0 Å². The normalized spacial score (nSPS) is 14.1. The van der Waals surface area contributed by atoms with Crippen LogP contribution >= 0.6 is 0 Å². The number of hydrogen-bond acceptors (Lipinski definition) is 2. The first-order chi connectivity index (χ1) is 8.65. The van der Waals surface area contributed by atoms with Crippen LogP contribution in [0, 0.1) is 5.92 Å². The Labute approximate surface area is 107 Å². The van der Waals surface area contributed by atoms with E-state index in [1.807, 2.05) is 0 Å². The summed E-state index contributed by atoms with van der Waals surface area (Å²) in [7, 11) is 0. The molecule has 1 aromatic carbocycles.